The van der Waals surface area contributed by atoms with E-state index < -0.39 is 0 Å². The smallest absolute Gasteiger partial charge is 0.0633 e. The third-order valence-electron chi connectivity index (χ3n) is 3.87. The number of unbranched alkanes of at least 4 members (excludes halogenated alkanes) is 2. The van der Waals surface area contributed by atoms with Crippen LogP contribution in [0.3, 0.4) is 0 Å². The fraction of sp³-hybridized carbons (Fsp3) is 0.636. The number of hydrogen-bond acceptors (Lipinski definition) is 1. The molecule has 0 amide bonds. The van der Waals surface area contributed by atoms with Gasteiger partial charge in [-0.15, -0.1) is 0 Å². The first-order chi connectivity index (χ1) is 10.6. The minimum absolute atomic E-state index is 0.0342. The van der Waals surface area contributed by atoms with Gasteiger partial charge in [-0.25, -0.2) is 0 Å². The van der Waals surface area contributed by atoms with Crippen LogP contribution in [0.15, 0.2) is 30.3 Å². The van der Waals surface area contributed by atoms with Crippen LogP contribution in [0.5, 0.6) is 0 Å². The van der Waals surface area contributed by atoms with Gasteiger partial charge in [-0.1, -0.05) is 56.7 Å². The van der Waals surface area contributed by atoms with Crippen LogP contribution in [0.2, 0.25) is 0 Å². The number of benzene rings is 1. The van der Waals surface area contributed by atoms with Crippen molar-refractivity contribution in [3.8, 4) is 0 Å². The number of rotatable bonds is 8. The highest BCUT2D eigenvalue weighted by atomic mass is 16.5. The molecule has 0 aromatic heterocycles. The Hall–Kier alpha value is -1.08. The van der Waals surface area contributed by atoms with E-state index in [1.165, 1.54) is 24.0 Å². The monoisotopic (exact) mass is 316 g/mol. The topological polar surface area (TPSA) is 9.23 Å². The molecule has 1 aromatic carbocycles. The Morgan fingerprint density at radius 2 is 1.74 bits per heavy atom. The molecule has 130 valence electrons. The second-order valence-corrected chi connectivity index (χ2v) is 8.45. The molecule has 0 atom stereocenters. The molecular weight excluding hydrogens is 280 g/mol. The van der Waals surface area contributed by atoms with Gasteiger partial charge in [0.1, 0.15) is 0 Å². The molecule has 23 heavy (non-hydrogen) atoms. The first-order valence-corrected chi connectivity index (χ1v) is 9.06. The summed E-state index contributed by atoms with van der Waals surface area (Å²) in [5, 5.41) is 0. The van der Waals surface area contributed by atoms with Crippen molar-refractivity contribution < 1.29 is 4.74 Å². The molecule has 0 saturated heterocycles. The van der Waals surface area contributed by atoms with Crippen molar-refractivity contribution in [2.24, 2.45) is 0 Å². The van der Waals surface area contributed by atoms with Gasteiger partial charge in [-0.05, 0) is 70.9 Å². The molecule has 0 unspecified atom stereocenters. The Morgan fingerprint density at radius 3 is 2.35 bits per heavy atom. The van der Waals surface area contributed by atoms with Crippen molar-refractivity contribution in [2.75, 3.05) is 0 Å². The summed E-state index contributed by atoms with van der Waals surface area (Å²) in [6.45, 7) is 15.3. The maximum absolute atomic E-state index is 6.12. The molecule has 1 aromatic rings. The highest BCUT2D eigenvalue weighted by Gasteiger charge is 2.24. The molecule has 0 N–H and O–H groups in total. The van der Waals surface area contributed by atoms with E-state index in [0.717, 1.165) is 12.8 Å². The van der Waals surface area contributed by atoms with E-state index in [1.807, 2.05) is 0 Å². The summed E-state index contributed by atoms with van der Waals surface area (Å²) in [4.78, 5) is 0. The fourth-order valence-electron chi connectivity index (χ4n) is 2.93. The van der Waals surface area contributed by atoms with Crippen molar-refractivity contribution in [3.05, 3.63) is 41.5 Å². The summed E-state index contributed by atoms with van der Waals surface area (Å²) in [7, 11) is 0. The third kappa shape index (κ3) is 8.95. The standard InChI is InChI=1S/C22H36O/c1-18(2)20-15-12-14-19(17-20)13-10-8-9-11-16-22(6,7)23-21(3,4)5/h10,12-15,17-18H,8-9,11,16H2,1-7H3/b13-10+. The van der Waals surface area contributed by atoms with Crippen molar-refractivity contribution >= 4 is 6.08 Å². The summed E-state index contributed by atoms with van der Waals surface area (Å²) in [5.74, 6) is 0.591. The molecule has 0 spiro atoms. The van der Waals surface area contributed by atoms with E-state index >= 15 is 0 Å². The predicted octanol–water partition coefficient (Wildman–Crippen LogP) is 6.98. The van der Waals surface area contributed by atoms with Gasteiger partial charge in [-0.2, -0.15) is 0 Å². The van der Waals surface area contributed by atoms with Crippen LogP contribution in [0.1, 0.15) is 91.2 Å². The molecule has 0 saturated carbocycles. The lowest BCUT2D eigenvalue weighted by Gasteiger charge is -2.33. The van der Waals surface area contributed by atoms with Gasteiger partial charge < -0.3 is 4.74 Å². The van der Waals surface area contributed by atoms with Crippen molar-refractivity contribution in [2.45, 2.75) is 91.3 Å². The van der Waals surface area contributed by atoms with Crippen LogP contribution in [0, 0.1) is 0 Å². The molecule has 1 nitrogen and oxygen atoms in total. The highest BCUT2D eigenvalue weighted by Crippen LogP contribution is 2.25. The summed E-state index contributed by atoms with van der Waals surface area (Å²) >= 11 is 0. The predicted molar refractivity (Wildman–Crippen MR) is 103 cm³/mol. The highest BCUT2D eigenvalue weighted by molar-refractivity contribution is 5.50. The SMILES string of the molecule is CC(C)c1cccc(/C=C/CCCCC(C)(C)OC(C)(C)C)c1. The summed E-state index contributed by atoms with van der Waals surface area (Å²) in [5.41, 5.74) is 2.62. The van der Waals surface area contributed by atoms with Gasteiger partial charge in [0.25, 0.3) is 0 Å². The zero-order chi connectivity index (χ0) is 17.5. The first kappa shape index (κ1) is 20.0. The zero-order valence-corrected chi connectivity index (χ0v) is 16.3. The van der Waals surface area contributed by atoms with E-state index in [9.17, 15) is 0 Å². The lowest BCUT2D eigenvalue weighted by molar-refractivity contribution is -0.116. The minimum Gasteiger partial charge on any atom is -0.370 e. The Labute approximate surface area is 144 Å². The molecule has 0 aliphatic carbocycles. The largest absolute Gasteiger partial charge is 0.370 e. The second kappa shape index (κ2) is 8.68. The molecular formula is C22H36O. The maximum Gasteiger partial charge on any atom is 0.0633 e. The maximum atomic E-state index is 6.12. The Kier molecular flexibility index (Phi) is 7.54. The Balaban J connectivity index is 2.33. The molecule has 0 aliphatic rings. The molecule has 0 bridgehead atoms. The molecule has 0 aliphatic heterocycles. The van der Waals surface area contributed by atoms with Crippen LogP contribution in [-0.2, 0) is 4.74 Å². The first-order valence-electron chi connectivity index (χ1n) is 9.06. The lowest BCUT2D eigenvalue weighted by Crippen LogP contribution is -2.34. The molecule has 0 radical (unpaired) electrons. The van der Waals surface area contributed by atoms with E-state index in [1.54, 1.807) is 0 Å². The number of hydrogen-bond donors (Lipinski definition) is 0. The quantitative estimate of drug-likeness (QED) is 0.470. The number of ether oxygens (including phenoxy) is 1. The van der Waals surface area contributed by atoms with Crippen LogP contribution in [-0.4, -0.2) is 11.2 Å². The molecule has 1 rings (SSSR count). The van der Waals surface area contributed by atoms with E-state index in [0.29, 0.717) is 5.92 Å². The minimum atomic E-state index is -0.0646. The van der Waals surface area contributed by atoms with Crippen LogP contribution in [0.25, 0.3) is 6.08 Å². The van der Waals surface area contributed by atoms with E-state index in [2.05, 4.69) is 84.9 Å². The van der Waals surface area contributed by atoms with Crippen LogP contribution >= 0.6 is 0 Å². The van der Waals surface area contributed by atoms with Gasteiger partial charge >= 0.3 is 0 Å². The van der Waals surface area contributed by atoms with Crippen molar-refractivity contribution in [1.29, 1.82) is 0 Å². The summed E-state index contributed by atoms with van der Waals surface area (Å²) in [6, 6.07) is 8.84. The van der Waals surface area contributed by atoms with Crippen LogP contribution < -0.4 is 0 Å². The average Bonchev–Trinajstić information content (AvgIpc) is 2.40. The van der Waals surface area contributed by atoms with Crippen molar-refractivity contribution in [1.82, 2.24) is 0 Å². The van der Waals surface area contributed by atoms with Gasteiger partial charge in [0.15, 0.2) is 0 Å². The lowest BCUT2D eigenvalue weighted by atomic mass is 9.98. The third-order valence-corrected chi connectivity index (χ3v) is 3.87. The summed E-state index contributed by atoms with van der Waals surface area (Å²) < 4.78 is 6.12. The van der Waals surface area contributed by atoms with Crippen LogP contribution in [0.4, 0.5) is 0 Å². The normalized spacial score (nSPS) is 13.2. The molecule has 0 heterocycles. The molecule has 1 heteroatoms. The van der Waals surface area contributed by atoms with Gasteiger partial charge in [-0.3, -0.25) is 0 Å². The number of allylic oxidation sites excluding steroid dienone is 1. The van der Waals surface area contributed by atoms with E-state index in [4.69, 9.17) is 4.74 Å². The summed E-state index contributed by atoms with van der Waals surface area (Å²) in [6.07, 6.45) is 9.23. The van der Waals surface area contributed by atoms with E-state index in [-0.39, 0.29) is 11.2 Å². The Bertz CT molecular complexity index is 489. The average molecular weight is 317 g/mol. The van der Waals surface area contributed by atoms with Gasteiger partial charge in [0.05, 0.1) is 11.2 Å². The van der Waals surface area contributed by atoms with Gasteiger partial charge in [0, 0.05) is 0 Å². The second-order valence-electron chi connectivity index (χ2n) is 8.45. The molecule has 0 fully saturated rings. The Morgan fingerprint density at radius 1 is 1.04 bits per heavy atom. The van der Waals surface area contributed by atoms with Gasteiger partial charge in [0.2, 0.25) is 0 Å². The zero-order valence-electron chi connectivity index (χ0n) is 16.3. The van der Waals surface area contributed by atoms with Crippen molar-refractivity contribution in [3.63, 3.8) is 0 Å². The fourth-order valence-corrected chi connectivity index (χ4v) is 2.93.